The van der Waals surface area contributed by atoms with Crippen molar-refractivity contribution in [1.29, 1.82) is 5.26 Å². The van der Waals surface area contributed by atoms with Gasteiger partial charge in [-0.2, -0.15) is 18.4 Å². The van der Waals surface area contributed by atoms with Crippen LogP contribution in [0.15, 0.2) is 36.4 Å². The Bertz CT molecular complexity index is 1120. The third-order valence-corrected chi connectivity index (χ3v) is 5.00. The van der Waals surface area contributed by atoms with Crippen molar-refractivity contribution in [2.75, 3.05) is 9.80 Å². The van der Waals surface area contributed by atoms with Crippen molar-refractivity contribution >= 4 is 23.4 Å². The van der Waals surface area contributed by atoms with Crippen LogP contribution in [0.5, 0.6) is 0 Å². The third-order valence-electron chi connectivity index (χ3n) is 5.00. The van der Waals surface area contributed by atoms with Crippen molar-refractivity contribution < 1.29 is 37.4 Å². The summed E-state index contributed by atoms with van der Waals surface area (Å²) in [5.74, 6) is -2.64. The maximum atomic E-state index is 14.2. The highest BCUT2D eigenvalue weighted by Crippen LogP contribution is 2.41. The van der Waals surface area contributed by atoms with Crippen molar-refractivity contribution in [1.82, 2.24) is 0 Å². The quantitative estimate of drug-likeness (QED) is 0.708. The zero-order valence-corrected chi connectivity index (χ0v) is 16.1. The van der Waals surface area contributed by atoms with E-state index in [4.69, 9.17) is 10.4 Å². The number of anilines is 2. The summed E-state index contributed by atoms with van der Waals surface area (Å²) in [6.45, 7) is 2.82. The van der Waals surface area contributed by atoms with Crippen LogP contribution in [0, 0.1) is 17.1 Å². The second-order valence-corrected chi connectivity index (χ2v) is 7.32. The summed E-state index contributed by atoms with van der Waals surface area (Å²) in [5, 5.41) is 28.6. The van der Waals surface area contributed by atoms with Crippen molar-refractivity contribution in [3.05, 3.63) is 58.9 Å². The zero-order valence-electron chi connectivity index (χ0n) is 16.1. The highest BCUT2D eigenvalue weighted by atomic mass is 19.4. The summed E-state index contributed by atoms with van der Waals surface area (Å²) < 4.78 is 54.1. The van der Waals surface area contributed by atoms with Gasteiger partial charge in [0, 0.05) is 11.4 Å². The molecule has 0 bridgehead atoms. The van der Waals surface area contributed by atoms with Crippen LogP contribution >= 0.6 is 0 Å². The van der Waals surface area contributed by atoms with Crippen molar-refractivity contribution in [2.24, 2.45) is 0 Å². The largest absolute Gasteiger partial charge is 0.478 e. The molecule has 31 heavy (non-hydrogen) atoms. The van der Waals surface area contributed by atoms with Gasteiger partial charge < -0.3 is 10.2 Å². The molecule has 0 radical (unpaired) electrons. The Morgan fingerprint density at radius 3 is 2.29 bits per heavy atom. The average molecular weight is 437 g/mol. The standard InChI is InChI=1S/C20H15F4N3O4/c1-19(2)17(30)26(11-4-3-10(9-25)14(7-11)20(22,23)24)18(31)27(19)12-5-6-13(16(28)29)15(21)8-12/h3-8,17,30H,1-2H3,(H,28,29). The Kier molecular flexibility index (Phi) is 5.15. The number of urea groups is 1. The van der Waals surface area contributed by atoms with Gasteiger partial charge in [0.05, 0.1) is 28.3 Å². The number of nitrogens with zero attached hydrogens (tertiary/aromatic N) is 3. The minimum absolute atomic E-state index is 0.0938. The first kappa shape index (κ1) is 22.0. The Balaban J connectivity index is 2.10. The van der Waals surface area contributed by atoms with Gasteiger partial charge >= 0.3 is 18.2 Å². The molecule has 1 unspecified atom stereocenters. The monoisotopic (exact) mass is 437 g/mol. The molecule has 2 amide bonds. The zero-order chi connectivity index (χ0) is 23.3. The van der Waals surface area contributed by atoms with Crippen LogP contribution in [0.4, 0.5) is 33.7 Å². The number of carboxylic acids is 1. The number of aliphatic hydroxyl groups is 1. The molecule has 2 aromatic rings. The summed E-state index contributed by atoms with van der Waals surface area (Å²) in [5.41, 5.74) is -4.40. The van der Waals surface area contributed by atoms with E-state index >= 15 is 0 Å². The number of carbonyl (C=O) groups is 2. The van der Waals surface area contributed by atoms with Gasteiger partial charge in [0.1, 0.15) is 5.82 Å². The van der Waals surface area contributed by atoms with Crippen molar-refractivity contribution in [3.8, 4) is 6.07 Å². The van der Waals surface area contributed by atoms with Crippen LogP contribution in [0.1, 0.15) is 35.3 Å². The lowest BCUT2D eigenvalue weighted by Crippen LogP contribution is -2.47. The average Bonchev–Trinajstić information content (AvgIpc) is 2.84. The SMILES string of the molecule is CC1(C)C(O)N(c2ccc(C#N)c(C(F)(F)F)c2)C(=O)N1c1ccc(C(=O)O)c(F)c1. The number of hydrogen-bond acceptors (Lipinski definition) is 4. The second kappa shape index (κ2) is 7.24. The maximum Gasteiger partial charge on any atom is 0.417 e. The van der Waals surface area contributed by atoms with Gasteiger partial charge in [-0.05, 0) is 50.2 Å². The molecule has 0 aromatic heterocycles. The molecule has 1 heterocycles. The number of aromatic carboxylic acids is 1. The molecule has 0 saturated carbocycles. The van der Waals surface area contributed by atoms with Crippen LogP contribution in [0.2, 0.25) is 0 Å². The van der Waals surface area contributed by atoms with Gasteiger partial charge in [-0.3, -0.25) is 9.80 Å². The number of alkyl halides is 3. The highest BCUT2D eigenvalue weighted by Gasteiger charge is 2.52. The van der Waals surface area contributed by atoms with Crippen LogP contribution in [-0.2, 0) is 6.18 Å². The van der Waals surface area contributed by atoms with E-state index in [1.54, 1.807) is 0 Å². The molecular formula is C20H15F4N3O4. The van der Waals surface area contributed by atoms with E-state index in [9.17, 15) is 32.3 Å². The second-order valence-electron chi connectivity index (χ2n) is 7.32. The van der Waals surface area contributed by atoms with Gasteiger partial charge in [0.15, 0.2) is 6.23 Å². The fourth-order valence-electron chi connectivity index (χ4n) is 3.42. The minimum Gasteiger partial charge on any atom is -0.478 e. The number of nitriles is 1. The fourth-order valence-corrected chi connectivity index (χ4v) is 3.42. The van der Waals surface area contributed by atoms with Crippen LogP contribution in [-0.4, -0.2) is 34.0 Å². The van der Waals surface area contributed by atoms with E-state index in [0.717, 1.165) is 35.2 Å². The van der Waals surface area contributed by atoms with Gasteiger partial charge in [-0.25, -0.2) is 14.0 Å². The fraction of sp³-hybridized carbons (Fsp3) is 0.250. The first-order chi connectivity index (χ1) is 14.3. The molecule has 11 heteroatoms. The summed E-state index contributed by atoms with van der Waals surface area (Å²) in [7, 11) is 0. The molecule has 1 aliphatic rings. The number of aliphatic hydroxyl groups excluding tert-OH is 1. The molecule has 0 spiro atoms. The topological polar surface area (TPSA) is 105 Å². The lowest BCUT2D eigenvalue weighted by molar-refractivity contribution is -0.137. The highest BCUT2D eigenvalue weighted by molar-refractivity contribution is 6.08. The van der Waals surface area contributed by atoms with Crippen LogP contribution in [0.25, 0.3) is 0 Å². The van der Waals surface area contributed by atoms with Crippen molar-refractivity contribution in [2.45, 2.75) is 31.8 Å². The number of carboxylic acid groups (broad SMARTS) is 1. The molecule has 3 rings (SSSR count). The van der Waals surface area contributed by atoms with Gasteiger partial charge in [-0.1, -0.05) is 0 Å². The van der Waals surface area contributed by atoms with Gasteiger partial charge in [-0.15, -0.1) is 0 Å². The number of amides is 2. The normalized spacial score (nSPS) is 18.3. The predicted octanol–water partition coefficient (Wildman–Crippen LogP) is 3.96. The summed E-state index contributed by atoms with van der Waals surface area (Å²) >= 11 is 0. The number of hydrogen-bond donors (Lipinski definition) is 2. The first-order valence-electron chi connectivity index (χ1n) is 8.76. The van der Waals surface area contributed by atoms with E-state index in [0.29, 0.717) is 11.0 Å². The van der Waals surface area contributed by atoms with Crippen LogP contribution < -0.4 is 9.80 Å². The Labute approximate surface area is 173 Å². The van der Waals surface area contributed by atoms with E-state index in [-0.39, 0.29) is 11.4 Å². The molecule has 162 valence electrons. The Hall–Kier alpha value is -3.65. The van der Waals surface area contributed by atoms with Crippen LogP contribution in [0.3, 0.4) is 0 Å². The first-order valence-corrected chi connectivity index (χ1v) is 8.76. The number of carbonyl (C=O) groups excluding carboxylic acids is 1. The Morgan fingerprint density at radius 1 is 1.16 bits per heavy atom. The minimum atomic E-state index is -4.88. The van der Waals surface area contributed by atoms with E-state index < -0.39 is 52.5 Å². The molecule has 0 aliphatic carbocycles. The van der Waals surface area contributed by atoms with Gasteiger partial charge in [0.25, 0.3) is 0 Å². The van der Waals surface area contributed by atoms with E-state index in [1.807, 2.05) is 0 Å². The maximum absolute atomic E-state index is 14.2. The molecule has 1 aliphatic heterocycles. The third kappa shape index (κ3) is 3.55. The van der Waals surface area contributed by atoms with E-state index in [1.165, 1.54) is 19.9 Å². The molecule has 7 nitrogen and oxygen atoms in total. The smallest absolute Gasteiger partial charge is 0.417 e. The lowest BCUT2D eigenvalue weighted by Gasteiger charge is -2.32. The number of rotatable bonds is 3. The predicted molar refractivity (Wildman–Crippen MR) is 100.0 cm³/mol. The molecular weight excluding hydrogens is 422 g/mol. The van der Waals surface area contributed by atoms with E-state index in [2.05, 4.69) is 0 Å². The molecule has 1 atom stereocenters. The summed E-state index contributed by atoms with van der Waals surface area (Å²) in [6.07, 6.45) is -6.52. The number of halogens is 4. The molecule has 1 saturated heterocycles. The van der Waals surface area contributed by atoms with Gasteiger partial charge in [0.2, 0.25) is 0 Å². The van der Waals surface area contributed by atoms with Crippen molar-refractivity contribution in [3.63, 3.8) is 0 Å². The molecule has 2 N–H and O–H groups in total. The molecule has 2 aromatic carbocycles. The molecule has 1 fully saturated rings. The lowest BCUT2D eigenvalue weighted by atomic mass is 10.0. The Morgan fingerprint density at radius 2 is 1.77 bits per heavy atom. The summed E-state index contributed by atoms with van der Waals surface area (Å²) in [6, 6.07) is 5.90. The summed E-state index contributed by atoms with van der Waals surface area (Å²) in [4.78, 5) is 25.8. The number of benzene rings is 2.